The number of nitrogens with one attached hydrogen (secondary N) is 1. The van der Waals surface area contributed by atoms with Gasteiger partial charge in [0.2, 0.25) is 0 Å². The van der Waals surface area contributed by atoms with E-state index in [0.29, 0.717) is 34.7 Å². The smallest absolute Gasteiger partial charge is 0.162 e. The minimum absolute atomic E-state index is 0.339. The molecule has 1 N–H and O–H groups in total. The van der Waals surface area contributed by atoms with Crippen LogP contribution in [0, 0.1) is 0 Å². The molecule has 0 atom stereocenters. The number of morpholine rings is 1. The van der Waals surface area contributed by atoms with Crippen LogP contribution in [-0.4, -0.2) is 33.4 Å². The van der Waals surface area contributed by atoms with Crippen LogP contribution in [0.2, 0.25) is 15.1 Å². The molecule has 9 heteroatoms. The van der Waals surface area contributed by atoms with E-state index in [2.05, 4.69) is 26.1 Å². The van der Waals surface area contributed by atoms with Crippen molar-refractivity contribution in [2.75, 3.05) is 43.6 Å². The van der Waals surface area contributed by atoms with Crippen molar-refractivity contribution in [1.29, 1.82) is 0 Å². The Balaban J connectivity index is 1.42. The van der Waals surface area contributed by atoms with Crippen LogP contribution in [0.25, 0.3) is 0 Å². The van der Waals surface area contributed by atoms with Crippen LogP contribution in [0.4, 0.5) is 11.4 Å². The van der Waals surface area contributed by atoms with Gasteiger partial charge in [0.25, 0.3) is 0 Å². The van der Waals surface area contributed by atoms with E-state index in [4.69, 9.17) is 49.0 Å². The molecular weight excluding hydrogens is 563 g/mol. The summed E-state index contributed by atoms with van der Waals surface area (Å²) in [6.45, 7) is 4.05. The predicted molar refractivity (Wildman–Crippen MR) is 143 cm³/mol. The standard InChI is InChI=1S/C25H24BrCl3N2O3/c1-32-24-11-17(19(26)13-25(24)34-15-16-2-4-20(27)21(28)10-16)14-30-18-3-5-23(22(29)12-18)31-6-8-33-9-7-31/h2-5,10-13,30H,6-9,14-15H2,1H3. The molecule has 0 saturated carbocycles. The van der Waals surface area contributed by atoms with Gasteiger partial charge in [-0.3, -0.25) is 0 Å². The Labute approximate surface area is 223 Å². The summed E-state index contributed by atoms with van der Waals surface area (Å²) < 4.78 is 17.9. The van der Waals surface area contributed by atoms with E-state index in [0.717, 1.165) is 58.3 Å². The van der Waals surface area contributed by atoms with Gasteiger partial charge < -0.3 is 24.4 Å². The molecule has 1 aliphatic rings. The van der Waals surface area contributed by atoms with Crippen molar-refractivity contribution >= 4 is 62.1 Å². The molecule has 4 rings (SSSR count). The summed E-state index contributed by atoms with van der Waals surface area (Å²) >= 11 is 22.3. The molecule has 0 bridgehead atoms. The monoisotopic (exact) mass is 584 g/mol. The largest absolute Gasteiger partial charge is 0.493 e. The van der Waals surface area contributed by atoms with E-state index in [1.165, 1.54) is 0 Å². The van der Waals surface area contributed by atoms with Gasteiger partial charge in [-0.15, -0.1) is 0 Å². The molecule has 3 aromatic rings. The lowest BCUT2D eigenvalue weighted by molar-refractivity contribution is 0.122. The number of rotatable bonds is 8. The first-order valence-corrected chi connectivity index (χ1v) is 12.7. The van der Waals surface area contributed by atoms with Gasteiger partial charge in [0.05, 0.1) is 41.1 Å². The lowest BCUT2D eigenvalue weighted by Gasteiger charge is -2.29. The molecule has 0 spiro atoms. The fraction of sp³-hybridized carbons (Fsp3) is 0.280. The van der Waals surface area contributed by atoms with Gasteiger partial charge in [-0.25, -0.2) is 0 Å². The van der Waals surface area contributed by atoms with E-state index in [9.17, 15) is 0 Å². The SMILES string of the molecule is COc1cc(CNc2ccc(N3CCOCC3)c(Cl)c2)c(Br)cc1OCc1ccc(Cl)c(Cl)c1. The Morgan fingerprint density at radius 1 is 0.941 bits per heavy atom. The predicted octanol–water partition coefficient (Wildman–Crippen LogP) is 7.45. The first-order valence-electron chi connectivity index (χ1n) is 10.7. The number of nitrogens with zero attached hydrogens (tertiary/aromatic N) is 1. The highest BCUT2D eigenvalue weighted by Gasteiger charge is 2.15. The van der Waals surface area contributed by atoms with Crippen molar-refractivity contribution in [2.45, 2.75) is 13.2 Å². The lowest BCUT2D eigenvalue weighted by atomic mass is 10.2. The van der Waals surface area contributed by atoms with Gasteiger partial charge in [-0.2, -0.15) is 0 Å². The summed E-state index contributed by atoms with van der Waals surface area (Å²) in [4.78, 5) is 2.24. The zero-order valence-electron chi connectivity index (χ0n) is 18.5. The van der Waals surface area contributed by atoms with Gasteiger partial charge in [0.15, 0.2) is 11.5 Å². The Morgan fingerprint density at radius 2 is 1.74 bits per heavy atom. The van der Waals surface area contributed by atoms with Crippen molar-refractivity contribution in [2.24, 2.45) is 0 Å². The van der Waals surface area contributed by atoms with Crippen molar-refractivity contribution in [3.8, 4) is 11.5 Å². The van der Waals surface area contributed by atoms with Crippen LogP contribution in [0.3, 0.4) is 0 Å². The summed E-state index contributed by atoms with van der Waals surface area (Å²) in [5.41, 5.74) is 3.90. The molecule has 5 nitrogen and oxygen atoms in total. The van der Waals surface area contributed by atoms with Crippen LogP contribution in [0.1, 0.15) is 11.1 Å². The number of halogens is 4. The van der Waals surface area contributed by atoms with Crippen molar-refractivity contribution < 1.29 is 14.2 Å². The fourth-order valence-corrected chi connectivity index (χ4v) is 4.73. The van der Waals surface area contributed by atoms with Crippen LogP contribution in [0.15, 0.2) is 53.0 Å². The van der Waals surface area contributed by atoms with Gasteiger partial charge in [-0.05, 0) is 53.6 Å². The van der Waals surface area contributed by atoms with Crippen LogP contribution >= 0.6 is 50.7 Å². The molecular formula is C25H24BrCl3N2O3. The molecule has 1 fully saturated rings. The molecule has 1 aliphatic heterocycles. The number of hydrogen-bond acceptors (Lipinski definition) is 5. The van der Waals surface area contributed by atoms with Gasteiger partial charge in [0.1, 0.15) is 6.61 Å². The molecule has 0 aromatic heterocycles. The Kier molecular flexibility index (Phi) is 8.72. The second-order valence-electron chi connectivity index (χ2n) is 7.75. The number of benzene rings is 3. The van der Waals surface area contributed by atoms with Crippen LogP contribution in [-0.2, 0) is 17.9 Å². The summed E-state index contributed by atoms with van der Waals surface area (Å²) in [7, 11) is 1.62. The summed E-state index contributed by atoms with van der Waals surface area (Å²) in [6, 6.07) is 15.3. The van der Waals surface area contributed by atoms with Crippen LogP contribution in [0.5, 0.6) is 11.5 Å². The van der Waals surface area contributed by atoms with Crippen LogP contribution < -0.4 is 19.7 Å². The molecule has 1 saturated heterocycles. The summed E-state index contributed by atoms with van der Waals surface area (Å²) in [5.74, 6) is 1.27. The van der Waals surface area contributed by atoms with E-state index in [1.807, 2.05) is 36.4 Å². The summed E-state index contributed by atoms with van der Waals surface area (Å²) in [5, 5.41) is 5.16. The first kappa shape index (κ1) is 25.3. The molecule has 0 aliphatic carbocycles. The quantitative estimate of drug-likeness (QED) is 0.297. The maximum atomic E-state index is 6.56. The highest BCUT2D eigenvalue weighted by atomic mass is 79.9. The van der Waals surface area contributed by atoms with E-state index in [1.54, 1.807) is 19.2 Å². The van der Waals surface area contributed by atoms with Crippen molar-refractivity contribution in [3.05, 3.63) is 79.2 Å². The number of hydrogen-bond donors (Lipinski definition) is 1. The molecule has 0 radical (unpaired) electrons. The number of methoxy groups -OCH3 is 1. The molecule has 0 unspecified atom stereocenters. The van der Waals surface area contributed by atoms with Crippen molar-refractivity contribution in [1.82, 2.24) is 0 Å². The third-order valence-electron chi connectivity index (χ3n) is 5.49. The molecule has 1 heterocycles. The molecule has 0 amide bonds. The molecule has 180 valence electrons. The normalized spacial score (nSPS) is 13.6. The minimum atomic E-state index is 0.339. The number of ether oxygens (including phenoxy) is 3. The van der Waals surface area contributed by atoms with E-state index < -0.39 is 0 Å². The summed E-state index contributed by atoms with van der Waals surface area (Å²) in [6.07, 6.45) is 0. The third kappa shape index (κ3) is 6.23. The Morgan fingerprint density at radius 3 is 2.44 bits per heavy atom. The zero-order valence-corrected chi connectivity index (χ0v) is 22.4. The first-order chi connectivity index (χ1) is 16.4. The third-order valence-corrected chi connectivity index (χ3v) is 7.27. The average Bonchev–Trinajstić information content (AvgIpc) is 2.84. The van der Waals surface area contributed by atoms with Gasteiger partial charge in [-0.1, -0.05) is 56.8 Å². The Hall–Kier alpha value is -1.83. The molecule has 3 aromatic carbocycles. The average molecular weight is 587 g/mol. The Bertz CT molecular complexity index is 1160. The maximum Gasteiger partial charge on any atom is 0.162 e. The van der Waals surface area contributed by atoms with E-state index in [-0.39, 0.29) is 0 Å². The lowest BCUT2D eigenvalue weighted by Crippen LogP contribution is -2.36. The zero-order chi connectivity index (χ0) is 24.1. The molecule has 34 heavy (non-hydrogen) atoms. The number of anilines is 2. The van der Waals surface area contributed by atoms with Gasteiger partial charge in [0, 0.05) is 29.8 Å². The second-order valence-corrected chi connectivity index (χ2v) is 9.83. The topological polar surface area (TPSA) is 43.0 Å². The maximum absolute atomic E-state index is 6.56. The minimum Gasteiger partial charge on any atom is -0.493 e. The second kappa shape index (κ2) is 11.7. The van der Waals surface area contributed by atoms with Gasteiger partial charge >= 0.3 is 0 Å². The fourth-order valence-electron chi connectivity index (χ4n) is 3.65. The highest BCUT2D eigenvalue weighted by Crippen LogP contribution is 2.35. The van der Waals surface area contributed by atoms with Crippen molar-refractivity contribution in [3.63, 3.8) is 0 Å². The highest BCUT2D eigenvalue weighted by molar-refractivity contribution is 9.10. The van der Waals surface area contributed by atoms with E-state index >= 15 is 0 Å².